The van der Waals surface area contributed by atoms with Crippen molar-refractivity contribution in [1.82, 2.24) is 10.2 Å². The van der Waals surface area contributed by atoms with Crippen molar-refractivity contribution in [1.29, 1.82) is 0 Å². The lowest BCUT2D eigenvalue weighted by Crippen LogP contribution is -2.68. The van der Waals surface area contributed by atoms with E-state index in [9.17, 15) is 0 Å². The standard InChI is InChI=1S/C15H16Br2N2OS/c1-4-5-19-14(21)18-12-8(2)15(19,3)20-13-10(12)6-9(16)7-11(13)17/h4,6-8,12H,1,5H2,2-3H3,(H,18,21). The fourth-order valence-corrected chi connectivity index (χ4v) is 4.83. The quantitative estimate of drug-likeness (QED) is 0.554. The predicted molar refractivity (Wildman–Crippen MR) is 95.4 cm³/mol. The van der Waals surface area contributed by atoms with Gasteiger partial charge < -0.3 is 15.0 Å². The number of nitrogens with one attached hydrogen (secondary N) is 1. The molecule has 2 bridgehead atoms. The van der Waals surface area contributed by atoms with Gasteiger partial charge in [0.25, 0.3) is 0 Å². The van der Waals surface area contributed by atoms with Crippen LogP contribution >= 0.6 is 44.1 Å². The van der Waals surface area contributed by atoms with Gasteiger partial charge in [0.2, 0.25) is 0 Å². The molecule has 0 saturated carbocycles. The van der Waals surface area contributed by atoms with Crippen molar-refractivity contribution < 1.29 is 4.74 Å². The summed E-state index contributed by atoms with van der Waals surface area (Å²) in [5.41, 5.74) is 0.645. The predicted octanol–water partition coefficient (Wildman–Crippen LogP) is 4.37. The second kappa shape index (κ2) is 5.25. The molecule has 0 spiro atoms. The van der Waals surface area contributed by atoms with Crippen LogP contribution in [0, 0.1) is 5.92 Å². The Labute approximate surface area is 147 Å². The minimum Gasteiger partial charge on any atom is -0.466 e. The number of rotatable bonds is 2. The Hall–Kier alpha value is -0.590. The minimum atomic E-state index is -0.482. The van der Waals surface area contributed by atoms with Crippen LogP contribution in [0.3, 0.4) is 0 Å². The summed E-state index contributed by atoms with van der Waals surface area (Å²) < 4.78 is 8.38. The Morgan fingerprint density at radius 3 is 2.90 bits per heavy atom. The number of benzene rings is 1. The number of halogens is 2. The van der Waals surface area contributed by atoms with Gasteiger partial charge in [-0.25, -0.2) is 0 Å². The first kappa shape index (κ1) is 15.3. The largest absolute Gasteiger partial charge is 0.466 e. The lowest BCUT2D eigenvalue weighted by Gasteiger charge is -2.56. The van der Waals surface area contributed by atoms with Gasteiger partial charge in [-0.3, -0.25) is 0 Å². The highest BCUT2D eigenvalue weighted by atomic mass is 79.9. The first-order valence-corrected chi connectivity index (χ1v) is 8.75. The van der Waals surface area contributed by atoms with Gasteiger partial charge in [0.1, 0.15) is 5.75 Å². The van der Waals surface area contributed by atoms with E-state index in [1.54, 1.807) is 0 Å². The maximum absolute atomic E-state index is 6.41. The lowest BCUT2D eigenvalue weighted by molar-refractivity contribution is -0.106. The molecule has 6 heteroatoms. The maximum atomic E-state index is 6.41. The number of thiocarbonyl (C=S) groups is 1. The average molecular weight is 432 g/mol. The molecular weight excluding hydrogens is 416 g/mol. The zero-order chi connectivity index (χ0) is 15.4. The fraction of sp³-hybridized carbons (Fsp3) is 0.400. The number of nitrogens with zero attached hydrogens (tertiary/aromatic N) is 1. The summed E-state index contributed by atoms with van der Waals surface area (Å²) in [5, 5.41) is 4.17. The minimum absolute atomic E-state index is 0.140. The summed E-state index contributed by atoms with van der Waals surface area (Å²) in [6.45, 7) is 8.76. The third kappa shape index (κ3) is 2.23. The van der Waals surface area contributed by atoms with E-state index >= 15 is 0 Å². The highest BCUT2D eigenvalue weighted by molar-refractivity contribution is 9.11. The van der Waals surface area contributed by atoms with Crippen LogP contribution in [0.1, 0.15) is 25.5 Å². The number of ether oxygens (including phenoxy) is 1. The third-order valence-corrected chi connectivity index (χ3v) is 5.78. The van der Waals surface area contributed by atoms with Gasteiger partial charge in [-0.2, -0.15) is 0 Å². The summed E-state index contributed by atoms with van der Waals surface area (Å²) in [6, 6.07) is 4.24. The molecule has 3 nitrogen and oxygen atoms in total. The van der Waals surface area contributed by atoms with Crippen LogP contribution in [0.4, 0.5) is 0 Å². The lowest BCUT2D eigenvalue weighted by atomic mass is 9.81. The van der Waals surface area contributed by atoms with Crippen molar-refractivity contribution in [3.8, 4) is 5.75 Å². The Bertz CT molecular complexity index is 636. The van der Waals surface area contributed by atoms with Crippen LogP contribution in [0.25, 0.3) is 0 Å². The third-order valence-electron chi connectivity index (χ3n) is 4.40. The molecule has 3 unspecified atom stereocenters. The summed E-state index contributed by atoms with van der Waals surface area (Å²) in [4.78, 5) is 2.06. The zero-order valence-corrected chi connectivity index (χ0v) is 15.8. The smallest absolute Gasteiger partial charge is 0.187 e. The topological polar surface area (TPSA) is 24.5 Å². The molecule has 0 aromatic heterocycles. The van der Waals surface area contributed by atoms with E-state index in [-0.39, 0.29) is 12.0 Å². The molecule has 21 heavy (non-hydrogen) atoms. The van der Waals surface area contributed by atoms with Crippen LogP contribution in [-0.4, -0.2) is 22.3 Å². The molecule has 2 heterocycles. The SMILES string of the molecule is C=CCN1C(=S)NC2c3cc(Br)cc(Br)c3OC1(C)C2C. The summed E-state index contributed by atoms with van der Waals surface area (Å²) in [5.74, 6) is 1.13. The molecule has 3 atom stereocenters. The van der Waals surface area contributed by atoms with Crippen molar-refractivity contribution in [3.05, 3.63) is 39.3 Å². The second-order valence-electron chi connectivity index (χ2n) is 5.58. The van der Waals surface area contributed by atoms with Gasteiger partial charge in [-0.05, 0) is 47.2 Å². The highest BCUT2D eigenvalue weighted by Crippen LogP contribution is 2.50. The first-order chi connectivity index (χ1) is 9.88. The van der Waals surface area contributed by atoms with Crippen molar-refractivity contribution >= 4 is 49.2 Å². The van der Waals surface area contributed by atoms with E-state index < -0.39 is 5.72 Å². The Balaban J connectivity index is 2.16. The van der Waals surface area contributed by atoms with Crippen molar-refractivity contribution in [3.63, 3.8) is 0 Å². The van der Waals surface area contributed by atoms with E-state index in [1.807, 2.05) is 12.1 Å². The van der Waals surface area contributed by atoms with Crippen LogP contribution < -0.4 is 10.1 Å². The first-order valence-electron chi connectivity index (χ1n) is 6.75. The fourth-order valence-electron chi connectivity index (χ4n) is 3.11. The maximum Gasteiger partial charge on any atom is 0.187 e. The van der Waals surface area contributed by atoms with Gasteiger partial charge in [0.15, 0.2) is 10.8 Å². The zero-order valence-electron chi connectivity index (χ0n) is 11.8. The Morgan fingerprint density at radius 1 is 1.52 bits per heavy atom. The second-order valence-corrected chi connectivity index (χ2v) is 7.73. The van der Waals surface area contributed by atoms with E-state index in [0.29, 0.717) is 11.7 Å². The molecule has 3 rings (SSSR count). The van der Waals surface area contributed by atoms with Crippen molar-refractivity contribution in [2.45, 2.75) is 25.6 Å². The molecule has 1 saturated heterocycles. The molecule has 0 aliphatic carbocycles. The van der Waals surface area contributed by atoms with Gasteiger partial charge >= 0.3 is 0 Å². The van der Waals surface area contributed by atoms with Gasteiger partial charge in [-0.15, -0.1) is 6.58 Å². The molecule has 0 radical (unpaired) electrons. The molecule has 2 aliphatic heterocycles. The van der Waals surface area contributed by atoms with E-state index in [1.165, 1.54) is 0 Å². The molecule has 0 amide bonds. The Morgan fingerprint density at radius 2 is 2.24 bits per heavy atom. The number of fused-ring (bicyclic) bond motifs is 4. The molecule has 1 aromatic rings. The van der Waals surface area contributed by atoms with E-state index in [2.05, 4.69) is 68.6 Å². The van der Waals surface area contributed by atoms with Crippen LogP contribution in [0.15, 0.2) is 33.7 Å². The molecule has 1 aromatic carbocycles. The summed E-state index contributed by atoms with van der Waals surface area (Å²) >= 11 is 12.7. The normalized spacial score (nSPS) is 30.3. The van der Waals surface area contributed by atoms with E-state index in [4.69, 9.17) is 17.0 Å². The number of hydrogen-bond acceptors (Lipinski definition) is 2. The van der Waals surface area contributed by atoms with Crippen LogP contribution in [0.2, 0.25) is 0 Å². The van der Waals surface area contributed by atoms with Gasteiger partial charge in [0.05, 0.1) is 10.5 Å². The molecular formula is C15H16Br2N2OS. The van der Waals surface area contributed by atoms with Crippen LogP contribution in [-0.2, 0) is 0 Å². The van der Waals surface area contributed by atoms with Gasteiger partial charge in [-0.1, -0.05) is 28.9 Å². The van der Waals surface area contributed by atoms with Crippen molar-refractivity contribution in [2.75, 3.05) is 6.54 Å². The van der Waals surface area contributed by atoms with Crippen LogP contribution in [0.5, 0.6) is 5.75 Å². The highest BCUT2D eigenvalue weighted by Gasteiger charge is 2.53. The molecule has 2 aliphatic rings. The number of hydrogen-bond donors (Lipinski definition) is 1. The monoisotopic (exact) mass is 430 g/mol. The average Bonchev–Trinajstić information content (AvgIpc) is 2.41. The van der Waals surface area contributed by atoms with Crippen molar-refractivity contribution in [2.24, 2.45) is 5.92 Å². The molecule has 1 fully saturated rings. The summed E-state index contributed by atoms with van der Waals surface area (Å²) in [7, 11) is 0. The summed E-state index contributed by atoms with van der Waals surface area (Å²) in [6.07, 6.45) is 1.85. The van der Waals surface area contributed by atoms with Gasteiger partial charge in [0, 0.05) is 22.5 Å². The van der Waals surface area contributed by atoms with E-state index in [0.717, 1.165) is 20.3 Å². The Kier molecular flexibility index (Phi) is 3.83. The molecule has 112 valence electrons. The molecule has 1 N–H and O–H groups in total.